The molecule has 7 nitrogen and oxygen atoms in total. The van der Waals surface area contributed by atoms with Crippen molar-refractivity contribution in [3.05, 3.63) is 83.9 Å². The van der Waals surface area contributed by atoms with Gasteiger partial charge in [-0.3, -0.25) is 9.59 Å². The second-order valence-corrected chi connectivity index (χ2v) is 13.8. The number of fused-ring (bicyclic) bond motifs is 5. The van der Waals surface area contributed by atoms with Gasteiger partial charge in [-0.05, 0) is 85.3 Å². The van der Waals surface area contributed by atoms with Crippen LogP contribution in [0.15, 0.2) is 72.8 Å². The van der Waals surface area contributed by atoms with Crippen LogP contribution in [0, 0.1) is 10.8 Å². The van der Waals surface area contributed by atoms with Crippen LogP contribution < -0.4 is 20.7 Å². The Balaban J connectivity index is 1.04. The molecule has 2 aliphatic carbocycles. The fourth-order valence-electron chi connectivity index (χ4n) is 7.69. The summed E-state index contributed by atoms with van der Waals surface area (Å²) in [5, 5.41) is 11.1. The summed E-state index contributed by atoms with van der Waals surface area (Å²) in [6.45, 7) is 1.92. The molecular formula is C36H36N4O3. The van der Waals surface area contributed by atoms with Crippen molar-refractivity contribution in [3.8, 4) is 17.0 Å². The third-order valence-electron chi connectivity index (χ3n) is 10.7. The monoisotopic (exact) mass is 572 g/mol. The van der Waals surface area contributed by atoms with Crippen molar-refractivity contribution < 1.29 is 14.3 Å². The number of aromatic nitrogens is 1. The van der Waals surface area contributed by atoms with Gasteiger partial charge in [0.25, 0.3) is 0 Å². The number of rotatable bonds is 6. The molecule has 2 saturated carbocycles. The highest BCUT2D eigenvalue weighted by Gasteiger charge is 2.50. The Labute approximate surface area is 251 Å². The quantitative estimate of drug-likeness (QED) is 0.281. The van der Waals surface area contributed by atoms with E-state index in [0.29, 0.717) is 17.3 Å². The van der Waals surface area contributed by atoms with Crippen LogP contribution in [0.5, 0.6) is 5.75 Å². The molecule has 2 saturated heterocycles. The molecule has 4 aromatic rings. The largest absolute Gasteiger partial charge is 0.465 e. The number of hydrogen-bond acceptors (Lipinski definition) is 5. The molecule has 3 aromatic carbocycles. The third kappa shape index (κ3) is 4.40. The van der Waals surface area contributed by atoms with E-state index in [4.69, 9.17) is 4.74 Å². The van der Waals surface area contributed by atoms with Crippen molar-refractivity contribution in [1.82, 2.24) is 15.2 Å². The van der Waals surface area contributed by atoms with Crippen molar-refractivity contribution in [1.29, 1.82) is 0 Å². The molecule has 4 heterocycles. The van der Waals surface area contributed by atoms with E-state index >= 15 is 0 Å². The van der Waals surface area contributed by atoms with Gasteiger partial charge in [0.15, 0.2) is 5.78 Å². The highest BCUT2D eigenvalue weighted by Crippen LogP contribution is 2.53. The van der Waals surface area contributed by atoms with Crippen molar-refractivity contribution in [2.24, 2.45) is 10.8 Å². The minimum Gasteiger partial charge on any atom is -0.465 e. The predicted molar refractivity (Wildman–Crippen MR) is 166 cm³/mol. The Bertz CT molecular complexity index is 1790. The molecule has 1 amide bonds. The lowest BCUT2D eigenvalue weighted by atomic mass is 9.97. The van der Waals surface area contributed by atoms with Crippen LogP contribution in [-0.4, -0.2) is 41.4 Å². The van der Waals surface area contributed by atoms with Crippen LogP contribution in [0.2, 0.25) is 0 Å². The van der Waals surface area contributed by atoms with E-state index in [9.17, 15) is 9.59 Å². The van der Waals surface area contributed by atoms with E-state index in [1.807, 2.05) is 36.4 Å². The zero-order chi connectivity index (χ0) is 28.8. The topological polar surface area (TPSA) is 84.4 Å². The molecule has 218 valence electrons. The summed E-state index contributed by atoms with van der Waals surface area (Å²) < 4.78 is 8.98. The molecule has 1 unspecified atom stereocenters. The number of Topliss-reactive ketones (excluding diaryl/α,β-unsaturated/α-hetero) is 1. The molecule has 1 aromatic heterocycles. The molecule has 0 radical (unpaired) electrons. The van der Waals surface area contributed by atoms with Gasteiger partial charge in [-0.25, -0.2) is 0 Å². The number of ether oxygens (including phenoxy) is 1. The molecule has 3 aliphatic heterocycles. The van der Waals surface area contributed by atoms with Crippen molar-refractivity contribution >= 4 is 28.3 Å². The Kier molecular flexibility index (Phi) is 5.51. The maximum atomic E-state index is 13.2. The van der Waals surface area contributed by atoms with Crippen LogP contribution in [-0.2, 0) is 16.0 Å². The first-order valence-corrected chi connectivity index (χ1v) is 15.8. The third-order valence-corrected chi connectivity index (χ3v) is 10.7. The lowest BCUT2D eigenvalue weighted by molar-refractivity contribution is -0.120. The summed E-state index contributed by atoms with van der Waals surface area (Å²) in [4.78, 5) is 26.2. The molecule has 2 spiro atoms. The normalized spacial score (nSPS) is 25.3. The van der Waals surface area contributed by atoms with Gasteiger partial charge < -0.3 is 25.3 Å². The first kappa shape index (κ1) is 25.5. The molecular weight excluding hydrogens is 536 g/mol. The molecule has 7 heteroatoms. The van der Waals surface area contributed by atoms with Crippen molar-refractivity contribution in [3.63, 3.8) is 0 Å². The Morgan fingerprint density at radius 3 is 2.35 bits per heavy atom. The molecule has 4 fully saturated rings. The lowest BCUT2D eigenvalue weighted by Gasteiger charge is -2.30. The summed E-state index contributed by atoms with van der Waals surface area (Å²) in [6, 6.07) is 24.7. The fourth-order valence-corrected chi connectivity index (χ4v) is 7.69. The number of benzene rings is 3. The Morgan fingerprint density at radius 2 is 1.60 bits per heavy atom. The summed E-state index contributed by atoms with van der Waals surface area (Å²) >= 11 is 0. The smallest absolute Gasteiger partial charge is 0.241 e. The summed E-state index contributed by atoms with van der Waals surface area (Å²) in [5.41, 5.74) is 6.72. The number of ketones is 1. The minimum absolute atomic E-state index is 0.0165. The van der Waals surface area contributed by atoms with Gasteiger partial charge in [-0.15, -0.1) is 0 Å². The van der Waals surface area contributed by atoms with Gasteiger partial charge in [0.05, 0.1) is 23.3 Å². The Hall–Kier alpha value is -3.94. The first-order chi connectivity index (χ1) is 21.0. The number of carbonyl (C=O) groups is 2. The summed E-state index contributed by atoms with van der Waals surface area (Å²) in [6.07, 6.45) is 6.95. The number of nitrogens with one attached hydrogen (secondary N) is 3. The zero-order valence-electron chi connectivity index (χ0n) is 24.2. The van der Waals surface area contributed by atoms with E-state index in [-0.39, 0.29) is 30.0 Å². The summed E-state index contributed by atoms with van der Waals surface area (Å²) in [5.74, 6) is 1.06. The molecule has 3 N–H and O–H groups in total. The first-order valence-electron chi connectivity index (χ1n) is 15.8. The minimum atomic E-state index is -0.358. The molecule has 5 aliphatic rings. The molecule has 9 rings (SSSR count). The number of nitrogens with zero attached hydrogens (tertiary/aromatic N) is 1. The van der Waals surface area contributed by atoms with Crippen LogP contribution in [0.1, 0.15) is 55.9 Å². The summed E-state index contributed by atoms with van der Waals surface area (Å²) in [7, 11) is 0. The number of carbonyl (C=O) groups excluding carboxylic acids is 2. The van der Waals surface area contributed by atoms with Gasteiger partial charge in [0.2, 0.25) is 12.1 Å². The van der Waals surface area contributed by atoms with Crippen LogP contribution in [0.3, 0.4) is 0 Å². The van der Waals surface area contributed by atoms with Gasteiger partial charge in [-0.1, -0.05) is 36.4 Å². The molecule has 43 heavy (non-hydrogen) atoms. The van der Waals surface area contributed by atoms with Gasteiger partial charge >= 0.3 is 0 Å². The van der Waals surface area contributed by atoms with Crippen molar-refractivity contribution in [2.45, 2.75) is 63.3 Å². The van der Waals surface area contributed by atoms with Crippen LogP contribution >= 0.6 is 0 Å². The van der Waals surface area contributed by atoms with Crippen molar-refractivity contribution in [2.75, 3.05) is 18.4 Å². The van der Waals surface area contributed by atoms with E-state index in [1.165, 1.54) is 25.7 Å². The number of anilines is 1. The van der Waals surface area contributed by atoms with E-state index < -0.39 is 0 Å². The van der Waals surface area contributed by atoms with Gasteiger partial charge in [-0.2, -0.15) is 0 Å². The van der Waals surface area contributed by atoms with E-state index in [0.717, 1.165) is 70.7 Å². The average Bonchev–Trinajstić information content (AvgIpc) is 3.78. The van der Waals surface area contributed by atoms with Gasteiger partial charge in [0, 0.05) is 47.8 Å². The average molecular weight is 573 g/mol. The van der Waals surface area contributed by atoms with Gasteiger partial charge in [0.1, 0.15) is 5.75 Å². The molecule has 0 bridgehead atoms. The maximum Gasteiger partial charge on any atom is 0.241 e. The number of amides is 1. The van der Waals surface area contributed by atoms with Crippen LogP contribution in [0.25, 0.3) is 22.2 Å². The SMILES string of the molecule is O=C(Cc1ccc2c(c1)cc1n2C(c2ccccc2)Oc2cc(NC(=O)[C@@H]3CC4(CC4)CN3)ccc2-1)[C@@H]1CC2(CC2)CN1. The van der Waals surface area contributed by atoms with E-state index in [2.05, 4.69) is 56.9 Å². The predicted octanol–water partition coefficient (Wildman–Crippen LogP) is 5.58. The number of hydrogen-bond donors (Lipinski definition) is 3. The maximum absolute atomic E-state index is 13.2. The Morgan fingerprint density at radius 1 is 0.860 bits per heavy atom. The highest BCUT2D eigenvalue weighted by molar-refractivity contribution is 5.96. The molecule has 3 atom stereocenters. The zero-order valence-corrected chi connectivity index (χ0v) is 24.2. The fraction of sp³-hybridized carbons (Fsp3) is 0.389. The highest BCUT2D eigenvalue weighted by atomic mass is 16.5. The van der Waals surface area contributed by atoms with E-state index in [1.54, 1.807) is 0 Å². The second-order valence-electron chi connectivity index (χ2n) is 13.8. The lowest BCUT2D eigenvalue weighted by Crippen LogP contribution is -2.35. The standard InChI is InChI=1S/C36H36N4O3/c41-31(27-18-35(10-11-35)20-37-27)15-22-6-9-29-24(14-22)16-30-26-8-7-25(39-33(42)28-19-36(12-13-36)21-38-28)17-32(26)43-34(40(29)30)23-4-2-1-3-5-23/h1-9,14,16-17,27-28,34,37-38H,10-13,15,18-21H2,(H,39,42)/t27-,28-,34?/m0/s1. The van der Waals surface area contributed by atoms with Crippen LogP contribution in [0.4, 0.5) is 5.69 Å². The second kappa shape index (κ2) is 9.28.